The van der Waals surface area contributed by atoms with Gasteiger partial charge in [-0.05, 0) is 179 Å². The summed E-state index contributed by atoms with van der Waals surface area (Å²) in [4.78, 5) is 45.4. The van der Waals surface area contributed by atoms with Crippen LogP contribution in [0.2, 0.25) is 0 Å². The molecule has 0 aliphatic carbocycles. The van der Waals surface area contributed by atoms with Gasteiger partial charge in [0.05, 0.1) is 0 Å². The molecule has 0 saturated carbocycles. The number of alkyl halides is 36. The van der Waals surface area contributed by atoms with E-state index in [4.69, 9.17) is 15.2 Å². The Morgan fingerprint density at radius 1 is 0.240 bits per heavy atom. The third-order valence-corrected chi connectivity index (χ3v) is 16.2. The van der Waals surface area contributed by atoms with Crippen molar-refractivity contribution in [2.45, 2.75) is 251 Å². The molecule has 0 aromatic heterocycles. The first-order valence-corrected chi connectivity index (χ1v) is 35.1. The Kier molecular flexibility index (Phi) is 45.6. The first kappa shape index (κ1) is 126. The molecule has 0 radical (unpaired) electrons. The van der Waals surface area contributed by atoms with Gasteiger partial charge in [0.25, 0.3) is 0 Å². The summed E-state index contributed by atoms with van der Waals surface area (Å²) >= 11 is 17.3. The second kappa shape index (κ2) is 45.2. The average Bonchev–Trinajstić information content (AvgIpc) is 0.693. The fourth-order valence-corrected chi connectivity index (χ4v) is 7.82. The lowest BCUT2D eigenvalue weighted by Gasteiger charge is -2.42. The van der Waals surface area contributed by atoms with Crippen LogP contribution in [-0.4, -0.2) is 120 Å². The summed E-state index contributed by atoms with van der Waals surface area (Å²) in [7, 11) is 0. The number of hydrogen-bond acceptors (Lipinski definition) is 10. The molecule has 0 saturated heterocycles. The fraction of sp³-hybridized carbons (Fsp3) is 0.500. The van der Waals surface area contributed by atoms with Crippen molar-refractivity contribution in [2.24, 2.45) is 0 Å². The van der Waals surface area contributed by atoms with E-state index in [1.807, 2.05) is 0 Å². The Balaban J connectivity index is -0.000000439. The maximum absolute atomic E-state index is 13.0. The topological polar surface area (TPSA) is 193 Å². The Labute approximate surface area is 713 Å². The average molecular weight is 1980 g/mol. The van der Waals surface area contributed by atoms with Gasteiger partial charge in [-0.25, -0.2) is 0 Å². The second-order valence-electron chi connectivity index (χ2n) is 29.7. The minimum atomic E-state index is -8.79. The van der Waals surface area contributed by atoms with E-state index in [-0.39, 0.29) is 33.3 Å². The van der Waals surface area contributed by atoms with Crippen molar-refractivity contribution in [1.29, 1.82) is 0 Å². The van der Waals surface area contributed by atoms with Crippen LogP contribution < -0.4 is 25.7 Å². The predicted octanol–water partition coefficient (Wildman–Crippen LogP) is 16.6. The number of halogens is 38. The first-order chi connectivity index (χ1) is 54.5. The summed E-state index contributed by atoms with van der Waals surface area (Å²) in [5.41, 5.74) is 8.19. The number of aliphatic carboxylic acids is 4. The smallest absolute Gasteiger partial charge is 0.460 e. The molecule has 0 fully saturated rings. The van der Waals surface area contributed by atoms with E-state index in [1.54, 1.807) is 0 Å². The van der Waals surface area contributed by atoms with E-state index >= 15 is 0 Å². The molecule has 5 aromatic carbocycles. The predicted molar refractivity (Wildman–Crippen MR) is 383 cm³/mol. The number of carbonyl (C=O) groups is 4. The number of hydrogen-bond donors (Lipinski definition) is 0. The molecule has 0 unspecified atom stereocenters. The summed E-state index contributed by atoms with van der Waals surface area (Å²) in [5, 5.41) is 45.8. The van der Waals surface area contributed by atoms with Crippen LogP contribution in [0, 0.1) is 0 Å². The molecule has 0 aliphatic heterocycles. The Morgan fingerprint density at radius 3 is 0.472 bits per heavy atom. The highest BCUT2D eigenvalue weighted by atomic mass is 32.1. The molecule has 53 heteroatoms. The summed E-state index contributed by atoms with van der Waals surface area (Å²) in [5.74, 6) is -108. The molecule has 720 valence electrons. The molecular formula is C72H76F38O10S5. The van der Waals surface area contributed by atoms with Gasteiger partial charge < -0.3 is 49.7 Å². The highest BCUT2D eigenvalue weighted by molar-refractivity contribution is 7.59. The molecule has 0 aliphatic rings. The van der Waals surface area contributed by atoms with Gasteiger partial charge in [-0.3, -0.25) is 0 Å². The van der Waals surface area contributed by atoms with Crippen molar-refractivity contribution in [1.82, 2.24) is 0 Å². The molecular weight excluding hydrogens is 1910 g/mol. The van der Waals surface area contributed by atoms with Gasteiger partial charge >= 0.3 is 102 Å². The minimum Gasteiger partial charge on any atom is -0.664 e. The molecule has 0 atom stereocenters. The Bertz CT molecular complexity index is 3850. The van der Waals surface area contributed by atoms with Crippen molar-refractivity contribution in [3.05, 3.63) is 161 Å². The number of carbonyl (C=O) groups excluding carboxylic acids is 4. The molecule has 0 heterocycles. The van der Waals surface area contributed by atoms with Crippen LogP contribution in [0.1, 0.15) is 132 Å². The quantitative estimate of drug-likeness (QED) is 0.0360. The second-order valence-corrected chi connectivity index (χ2v) is 32.6. The van der Waals surface area contributed by atoms with Crippen molar-refractivity contribution in [2.75, 3.05) is 0 Å². The first-order valence-electron chi connectivity index (χ1n) is 32.6. The molecule has 0 bridgehead atoms. The molecule has 5 rings (SSSR count). The van der Waals surface area contributed by atoms with E-state index in [9.17, 15) is 197 Å². The van der Waals surface area contributed by atoms with Gasteiger partial charge in [-0.1, -0.05) is 165 Å². The van der Waals surface area contributed by atoms with Crippen LogP contribution in [0.15, 0.2) is 158 Å². The van der Waals surface area contributed by atoms with Crippen LogP contribution in [0.25, 0.3) is 0 Å². The molecule has 5 aromatic rings. The molecule has 0 amide bonds. The maximum atomic E-state index is 13.0. The molecule has 0 N–H and O–H groups in total. The highest BCUT2D eigenvalue weighted by Gasteiger charge is 2.95. The third-order valence-electron chi connectivity index (χ3n) is 14.5. The SMILES string of the molecule is CC(C)(C)c1ccc([SH2+])cc1.CC(C)(C)c1ccc([SH2+])cc1.CC(C)(C)c1ccc([SH2+])cc1.CC(C)(C)c1ccc([SH2+])cc1.CC(C)(C)c1ccc([SH2+])cc1.O=C([O-])C(F)(F)C(F)(F)C(F)(F)C(F)(F)C(F)(F)C(F)(F)C(F)(F)C(F)(F)F.O=C([O-])C(F)(F)C(F)(F)C(F)(F)C(F)(F)F.O=C([O-])C(F)(F)C(F)(F)C(F)(F)F.O=C([O-])C(F)(F)F.[O-]OC=C(F)F. The van der Waals surface area contributed by atoms with Crippen molar-refractivity contribution < 1.29 is 217 Å². The van der Waals surface area contributed by atoms with E-state index in [0.717, 1.165) is 24.5 Å². The van der Waals surface area contributed by atoms with Crippen molar-refractivity contribution in [3.8, 4) is 0 Å². The van der Waals surface area contributed by atoms with Crippen LogP contribution in [-0.2, 0) is 114 Å². The lowest BCUT2D eigenvalue weighted by atomic mass is 9.87. The highest BCUT2D eigenvalue weighted by Crippen LogP contribution is 2.64. The number of rotatable bonds is 13. The van der Waals surface area contributed by atoms with Gasteiger partial charge in [-0.15, -0.1) is 0 Å². The van der Waals surface area contributed by atoms with E-state index in [1.165, 1.54) is 27.8 Å². The molecule has 0 spiro atoms. The van der Waals surface area contributed by atoms with E-state index in [0.29, 0.717) is 0 Å². The zero-order chi connectivity index (χ0) is 102. The normalized spacial score (nSPS) is 13.2. The van der Waals surface area contributed by atoms with Crippen LogP contribution in [0.3, 0.4) is 0 Å². The van der Waals surface area contributed by atoms with Gasteiger partial charge in [0.2, 0.25) is 0 Å². The summed E-state index contributed by atoms with van der Waals surface area (Å²) < 4.78 is 453. The van der Waals surface area contributed by atoms with Gasteiger partial charge in [0.15, 0.2) is 0 Å². The Hall–Kier alpha value is -7.43. The summed E-state index contributed by atoms with van der Waals surface area (Å²) in [6, 6.07) is 42.4. The molecule has 125 heavy (non-hydrogen) atoms. The lowest BCUT2D eigenvalue weighted by Crippen LogP contribution is -2.75. The zero-order valence-electron chi connectivity index (χ0n) is 66.1. The summed E-state index contributed by atoms with van der Waals surface area (Å²) in [6.45, 7) is 33.3. The van der Waals surface area contributed by atoms with Gasteiger partial charge in [-0.2, -0.15) is 167 Å². The Morgan fingerprint density at radius 2 is 0.368 bits per heavy atom. The zero-order valence-corrected chi connectivity index (χ0v) is 71.1. The summed E-state index contributed by atoms with van der Waals surface area (Å²) in [6.07, 6.45) is -29.0. The van der Waals surface area contributed by atoms with E-state index in [2.05, 4.69) is 293 Å². The number of carboxylic acid groups (broad SMARTS) is 4. The lowest BCUT2D eigenvalue weighted by molar-refractivity contribution is -0.666. The van der Waals surface area contributed by atoms with Crippen molar-refractivity contribution >= 4 is 87.0 Å². The monoisotopic (exact) mass is 1980 g/mol. The molecule has 10 nitrogen and oxygen atoms in total. The van der Waals surface area contributed by atoms with Gasteiger partial charge in [0.1, 0.15) is 54.6 Å². The number of carboxylic acids is 4. The van der Waals surface area contributed by atoms with Crippen LogP contribution >= 0.6 is 0 Å². The van der Waals surface area contributed by atoms with Crippen LogP contribution in [0.4, 0.5) is 167 Å². The van der Waals surface area contributed by atoms with Gasteiger partial charge in [0, 0.05) is 0 Å². The number of benzene rings is 5. The van der Waals surface area contributed by atoms with Crippen molar-refractivity contribution in [3.63, 3.8) is 0 Å². The fourth-order valence-electron chi connectivity index (χ4n) is 6.99. The van der Waals surface area contributed by atoms with Crippen LogP contribution in [0.5, 0.6) is 0 Å². The maximum Gasteiger partial charge on any atom is 0.460 e. The van der Waals surface area contributed by atoms with E-state index < -0.39 is 126 Å². The third kappa shape index (κ3) is 35.5. The minimum absolute atomic E-state index is 0.181. The largest absolute Gasteiger partial charge is 0.664 e. The standard InChI is InChI=1S/5C10H14S.C9HF17O2.C5HF9O2.C4HF7O2.C2HF3O2.C2H2F2O2/c5*1-10(2,3)8-4-6-9(11)7-5-8;10-2(11,1(27)28)3(12,13)4(14,15)5(16,17)6(18,19)7(20,21)8(22,23)9(24,25)26;6-2(7,1(15)16)3(8,9)4(10,11)5(12,13)14;5-2(6,1(12)13)3(7,8)4(9,10)11;3-2(4,5)1(6)7;3-2(4)1-6-5/h5*4-7,11H,1-3H3;(H,27,28);(H,15,16);(H,12,13);(H,6,7);1,5H.